The molecule has 12 nitrogen and oxygen atoms in total. The summed E-state index contributed by atoms with van der Waals surface area (Å²) in [7, 11) is 1.65. The summed E-state index contributed by atoms with van der Waals surface area (Å²) in [4.78, 5) is 32.0. The number of nitrogen functional groups attached to an aromatic ring is 1. The lowest BCUT2D eigenvalue weighted by Crippen LogP contribution is -2.43. The van der Waals surface area contributed by atoms with Gasteiger partial charge in [0.25, 0.3) is 0 Å². The lowest BCUT2D eigenvalue weighted by molar-refractivity contribution is 0.107. The Morgan fingerprint density at radius 1 is 1.27 bits per heavy atom. The van der Waals surface area contributed by atoms with Gasteiger partial charge in [0.2, 0.25) is 5.28 Å². The van der Waals surface area contributed by atoms with E-state index in [4.69, 9.17) is 38.7 Å². The van der Waals surface area contributed by atoms with Crippen LogP contribution in [0.2, 0.25) is 10.3 Å². The number of thiophene rings is 1. The van der Waals surface area contributed by atoms with Crippen molar-refractivity contribution >= 4 is 72.4 Å². The van der Waals surface area contributed by atoms with Crippen molar-refractivity contribution in [1.82, 2.24) is 34.5 Å². The number of amides is 1. The van der Waals surface area contributed by atoms with Crippen molar-refractivity contribution in [2.45, 2.75) is 56.4 Å². The number of hydrogen-bond acceptors (Lipinski definition) is 11. The fraction of sp³-hybridized carbons (Fsp3) is 0.412. The molecule has 5 aromatic rings. The predicted octanol–water partition coefficient (Wildman–Crippen LogP) is 6.66. The van der Waals surface area contributed by atoms with E-state index in [1.807, 2.05) is 17.9 Å². The maximum absolute atomic E-state index is 17.1. The van der Waals surface area contributed by atoms with Gasteiger partial charge < -0.3 is 20.3 Å². The Kier molecular flexibility index (Phi) is 8.60. The van der Waals surface area contributed by atoms with Crippen LogP contribution in [0.25, 0.3) is 32.1 Å². The summed E-state index contributed by atoms with van der Waals surface area (Å²) in [6.45, 7) is 3.45. The molecule has 270 valence electrons. The third-order valence-electron chi connectivity index (χ3n) is 10.6. The number of benzene rings is 2. The number of nitriles is 1. The number of carbonyl (C=O) groups is 1. The summed E-state index contributed by atoms with van der Waals surface area (Å²) in [5, 5.41) is 14.3. The van der Waals surface area contributed by atoms with Gasteiger partial charge in [0.05, 0.1) is 26.9 Å². The van der Waals surface area contributed by atoms with Crippen molar-refractivity contribution in [3.63, 3.8) is 0 Å². The first kappa shape index (κ1) is 34.6. The predicted molar refractivity (Wildman–Crippen MR) is 192 cm³/mol. The third-order valence-corrected chi connectivity index (χ3v) is 12.1. The quantitative estimate of drug-likeness (QED) is 0.199. The van der Waals surface area contributed by atoms with Crippen LogP contribution in [0.5, 0.6) is 6.01 Å². The molecule has 0 bridgehead atoms. The maximum atomic E-state index is 17.1. The SMILES string of the molecule is C[C@H]1C[C@H](N(C)C(=O)n2cnc(Cl)n2)CN1c1nc(OC[C@@]23CCCN2C[C@H](F)C3)nc2c(F)c(-c3ccc(F)c4sc(N)c(C#N)c34)c(Cl)cc12. The Morgan fingerprint density at radius 3 is 2.83 bits per heavy atom. The smallest absolute Gasteiger partial charge is 0.346 e. The first-order valence-electron chi connectivity index (χ1n) is 16.6. The highest BCUT2D eigenvalue weighted by Crippen LogP contribution is 2.46. The number of alkyl halides is 1. The van der Waals surface area contributed by atoms with Crippen LogP contribution in [0, 0.1) is 23.0 Å². The van der Waals surface area contributed by atoms with E-state index in [9.17, 15) is 18.8 Å². The third kappa shape index (κ3) is 5.56. The summed E-state index contributed by atoms with van der Waals surface area (Å²) in [5.41, 5.74) is 5.54. The van der Waals surface area contributed by atoms with Gasteiger partial charge in [-0.3, -0.25) is 4.90 Å². The topological polar surface area (TPSA) is 142 Å². The molecule has 0 spiro atoms. The van der Waals surface area contributed by atoms with E-state index >= 15 is 4.39 Å². The van der Waals surface area contributed by atoms with Crippen molar-refractivity contribution in [2.24, 2.45) is 0 Å². The molecule has 2 aromatic carbocycles. The first-order valence-corrected chi connectivity index (χ1v) is 18.2. The lowest BCUT2D eigenvalue weighted by Gasteiger charge is -2.31. The molecular formula is C34H31Cl2F3N10O2S. The van der Waals surface area contributed by atoms with Gasteiger partial charge in [0, 0.05) is 48.9 Å². The van der Waals surface area contributed by atoms with Gasteiger partial charge in [-0.25, -0.2) is 22.9 Å². The van der Waals surface area contributed by atoms with Crippen molar-refractivity contribution in [3.05, 3.63) is 52.0 Å². The largest absolute Gasteiger partial charge is 0.461 e. The maximum Gasteiger partial charge on any atom is 0.346 e. The summed E-state index contributed by atoms with van der Waals surface area (Å²) in [6.07, 6.45) is 2.75. The first-order chi connectivity index (χ1) is 24.9. The van der Waals surface area contributed by atoms with Gasteiger partial charge in [-0.15, -0.1) is 16.4 Å². The zero-order valence-corrected chi connectivity index (χ0v) is 30.2. The van der Waals surface area contributed by atoms with E-state index in [1.54, 1.807) is 13.1 Å². The van der Waals surface area contributed by atoms with Gasteiger partial charge in [0.15, 0.2) is 5.82 Å². The minimum Gasteiger partial charge on any atom is -0.461 e. The van der Waals surface area contributed by atoms with Crippen molar-refractivity contribution in [2.75, 3.05) is 43.9 Å². The highest BCUT2D eigenvalue weighted by molar-refractivity contribution is 7.23. The summed E-state index contributed by atoms with van der Waals surface area (Å²) in [5.74, 6) is -1.11. The van der Waals surface area contributed by atoms with Crippen LogP contribution in [0.3, 0.4) is 0 Å². The summed E-state index contributed by atoms with van der Waals surface area (Å²) >= 11 is 13.6. The average molecular weight is 772 g/mol. The van der Waals surface area contributed by atoms with Crippen molar-refractivity contribution in [3.8, 4) is 23.2 Å². The number of likely N-dealkylation sites (N-methyl/N-ethyl adjacent to an activating group) is 1. The molecule has 0 radical (unpaired) electrons. The molecule has 4 atom stereocenters. The highest BCUT2D eigenvalue weighted by Gasteiger charge is 2.49. The van der Waals surface area contributed by atoms with Crippen LogP contribution in [0.1, 0.15) is 38.2 Å². The van der Waals surface area contributed by atoms with Crippen LogP contribution >= 0.6 is 34.5 Å². The Hall–Kier alpha value is -4.43. The van der Waals surface area contributed by atoms with Crippen LogP contribution in [-0.2, 0) is 0 Å². The summed E-state index contributed by atoms with van der Waals surface area (Å²) in [6, 6.07) is 5.04. The zero-order valence-electron chi connectivity index (χ0n) is 27.9. The second kappa shape index (κ2) is 12.9. The van der Waals surface area contributed by atoms with E-state index in [0.29, 0.717) is 31.7 Å². The fourth-order valence-corrected chi connectivity index (χ4v) is 9.45. The monoisotopic (exact) mass is 770 g/mol. The molecule has 3 aromatic heterocycles. The van der Waals surface area contributed by atoms with Gasteiger partial charge in [-0.2, -0.15) is 19.9 Å². The Balaban J connectivity index is 1.24. The normalized spacial score (nSPS) is 23.1. The molecule has 3 aliphatic rings. The molecule has 8 rings (SSSR count). The van der Waals surface area contributed by atoms with Crippen LogP contribution in [0.15, 0.2) is 24.5 Å². The average Bonchev–Trinajstić information content (AvgIpc) is 3.93. The highest BCUT2D eigenvalue weighted by atomic mass is 35.5. The molecule has 3 fully saturated rings. The second-order valence-corrected chi connectivity index (χ2v) is 15.4. The Morgan fingerprint density at radius 2 is 2.08 bits per heavy atom. The van der Waals surface area contributed by atoms with Gasteiger partial charge >= 0.3 is 12.0 Å². The van der Waals surface area contributed by atoms with E-state index in [0.717, 1.165) is 35.4 Å². The molecule has 3 aliphatic heterocycles. The van der Waals surface area contributed by atoms with Crippen molar-refractivity contribution < 1.29 is 22.7 Å². The minimum atomic E-state index is -0.980. The molecule has 0 unspecified atom stereocenters. The van der Waals surface area contributed by atoms with E-state index in [1.165, 1.54) is 23.4 Å². The van der Waals surface area contributed by atoms with Gasteiger partial charge in [0.1, 0.15) is 47.3 Å². The Labute approximate surface area is 309 Å². The fourth-order valence-electron chi connectivity index (χ4n) is 8.08. The number of anilines is 2. The standard InChI is InChI=1S/C34H31Cl2F3N10O2S/c1-16-8-18(46(2)33(50)49-15-42-31(36)45-49)13-48(16)30-20-9-22(35)25(19-4-5-23(38)28-24(19)21(11-40)29(41)52-28)26(39)27(20)43-32(44-30)51-14-34-6-3-7-47(34)12-17(37)10-34/h4-5,9,15-18H,3,6-8,10,12-14,41H2,1-2H3/t16-,17+,18-,34-/m0/s1. The lowest BCUT2D eigenvalue weighted by atomic mass is 9.95. The molecule has 0 aliphatic carbocycles. The van der Waals surface area contributed by atoms with E-state index in [-0.39, 0.29) is 77.7 Å². The molecule has 2 N–H and O–H groups in total. The van der Waals surface area contributed by atoms with Gasteiger partial charge in [-0.05, 0) is 62.0 Å². The van der Waals surface area contributed by atoms with Crippen LogP contribution < -0.4 is 15.4 Å². The van der Waals surface area contributed by atoms with Crippen molar-refractivity contribution in [1.29, 1.82) is 5.26 Å². The number of fused-ring (bicyclic) bond motifs is 3. The molecule has 0 saturated carbocycles. The number of rotatable bonds is 6. The zero-order chi connectivity index (χ0) is 36.6. The Bertz CT molecular complexity index is 2320. The van der Waals surface area contributed by atoms with E-state index < -0.39 is 29.4 Å². The number of aromatic nitrogens is 5. The minimum absolute atomic E-state index is 0.0179. The van der Waals surface area contributed by atoms with E-state index in [2.05, 4.69) is 20.0 Å². The second-order valence-electron chi connectivity index (χ2n) is 13.6. The summed E-state index contributed by atoms with van der Waals surface area (Å²) < 4.78 is 54.1. The molecule has 52 heavy (non-hydrogen) atoms. The molecular weight excluding hydrogens is 740 g/mol. The number of ether oxygens (including phenoxy) is 1. The van der Waals surface area contributed by atoms with Gasteiger partial charge in [-0.1, -0.05) is 17.7 Å². The number of hydrogen-bond donors (Lipinski definition) is 1. The van der Waals surface area contributed by atoms with Crippen LogP contribution in [0.4, 0.5) is 28.8 Å². The molecule has 18 heteroatoms. The molecule has 3 saturated heterocycles. The number of carbonyl (C=O) groups excluding carboxylic acids is 1. The number of nitrogens with zero attached hydrogens (tertiary/aromatic N) is 9. The van der Waals surface area contributed by atoms with Crippen LogP contribution in [-0.4, -0.2) is 97.6 Å². The number of halogens is 5. The number of nitrogens with two attached hydrogens (primary N) is 1. The molecule has 6 heterocycles. The molecule has 1 amide bonds.